The van der Waals surface area contributed by atoms with Crippen molar-refractivity contribution in [2.24, 2.45) is 0 Å². The number of thiophene rings is 1. The van der Waals surface area contributed by atoms with Crippen molar-refractivity contribution in [3.8, 4) is 0 Å². The van der Waals surface area contributed by atoms with E-state index in [9.17, 15) is 19.2 Å². The zero-order valence-corrected chi connectivity index (χ0v) is 18.1. The van der Waals surface area contributed by atoms with Gasteiger partial charge in [0.05, 0.1) is 5.56 Å². The Hall–Kier alpha value is -3.73. The number of hydrogen-bond donors (Lipinski definition) is 2. The molecule has 1 saturated heterocycles. The van der Waals surface area contributed by atoms with Gasteiger partial charge in [-0.1, -0.05) is 6.07 Å². The third-order valence-corrected chi connectivity index (χ3v) is 5.94. The molecule has 0 spiro atoms. The molecule has 4 rings (SSSR count). The number of aromatic nitrogens is 2. The molecule has 0 aliphatic carbocycles. The molecule has 2 N–H and O–H groups in total. The standard InChI is InChI=1S/C21H21N5O5S/c1-13(27)25-9-5-14(6-10-25)31-21(30)24-18(28)15-7-11-32-20(15)23-19(29)16-12-26-8-3-2-4-17(26)22-16/h2-4,7-8,11-12,14H,5-6,9-10H2,1H3,(H,23,29)(H,24,28,30). The number of likely N-dealkylation sites (tertiary alicyclic amines) is 1. The van der Waals surface area contributed by atoms with E-state index in [1.54, 1.807) is 33.1 Å². The van der Waals surface area contributed by atoms with Crippen molar-refractivity contribution in [3.05, 3.63) is 53.3 Å². The van der Waals surface area contributed by atoms with E-state index in [2.05, 4.69) is 15.6 Å². The Kier molecular flexibility index (Phi) is 6.17. The molecule has 0 unspecified atom stereocenters. The molecule has 166 valence electrons. The number of ether oxygens (including phenoxy) is 1. The van der Waals surface area contributed by atoms with E-state index in [0.717, 1.165) is 11.3 Å². The van der Waals surface area contributed by atoms with Crippen molar-refractivity contribution >= 4 is 45.8 Å². The summed E-state index contributed by atoms with van der Waals surface area (Å²) in [6.07, 6.45) is 3.17. The molecule has 4 heterocycles. The van der Waals surface area contributed by atoms with Crippen LogP contribution in [0.3, 0.4) is 0 Å². The maximum absolute atomic E-state index is 12.6. The third-order valence-electron chi connectivity index (χ3n) is 5.11. The van der Waals surface area contributed by atoms with E-state index in [0.29, 0.717) is 36.6 Å². The van der Waals surface area contributed by atoms with Gasteiger partial charge in [0.2, 0.25) is 5.91 Å². The maximum atomic E-state index is 12.6. The number of imide groups is 1. The summed E-state index contributed by atoms with van der Waals surface area (Å²) >= 11 is 1.16. The minimum absolute atomic E-state index is 0.0150. The molecular weight excluding hydrogens is 434 g/mol. The van der Waals surface area contributed by atoms with Crippen LogP contribution in [0.2, 0.25) is 0 Å². The highest BCUT2D eigenvalue weighted by atomic mass is 32.1. The lowest BCUT2D eigenvalue weighted by Gasteiger charge is -2.30. The SMILES string of the molecule is CC(=O)N1CCC(OC(=O)NC(=O)c2ccsc2NC(=O)c2cn3ccccc3n2)CC1. The van der Waals surface area contributed by atoms with Gasteiger partial charge in [0.1, 0.15) is 22.4 Å². The summed E-state index contributed by atoms with van der Waals surface area (Å²) in [6.45, 7) is 2.51. The van der Waals surface area contributed by atoms with Gasteiger partial charge in [0.25, 0.3) is 11.8 Å². The van der Waals surface area contributed by atoms with E-state index in [4.69, 9.17) is 4.74 Å². The van der Waals surface area contributed by atoms with Crippen LogP contribution in [0.1, 0.15) is 40.6 Å². The average Bonchev–Trinajstić information content (AvgIpc) is 3.41. The number of fused-ring (bicyclic) bond motifs is 1. The Labute approximate surface area is 187 Å². The van der Waals surface area contributed by atoms with Gasteiger partial charge in [0, 0.05) is 45.2 Å². The van der Waals surface area contributed by atoms with Crippen LogP contribution in [0.4, 0.5) is 9.80 Å². The van der Waals surface area contributed by atoms with Gasteiger partial charge in [-0.25, -0.2) is 9.78 Å². The van der Waals surface area contributed by atoms with Gasteiger partial charge in [-0.2, -0.15) is 0 Å². The molecular formula is C21H21N5O5S. The number of imidazole rings is 1. The number of alkyl carbamates (subject to hydrolysis) is 1. The fraction of sp³-hybridized carbons (Fsp3) is 0.286. The predicted molar refractivity (Wildman–Crippen MR) is 117 cm³/mol. The van der Waals surface area contributed by atoms with Crippen LogP contribution in [0, 0.1) is 0 Å². The first-order valence-electron chi connectivity index (χ1n) is 10.0. The van der Waals surface area contributed by atoms with Crippen molar-refractivity contribution in [1.82, 2.24) is 19.6 Å². The van der Waals surface area contributed by atoms with Crippen LogP contribution in [0.15, 0.2) is 42.0 Å². The Morgan fingerprint density at radius 1 is 1.12 bits per heavy atom. The molecule has 10 nitrogen and oxygen atoms in total. The van der Waals surface area contributed by atoms with Crippen LogP contribution in [0.5, 0.6) is 0 Å². The predicted octanol–water partition coefficient (Wildman–Crippen LogP) is 2.53. The number of carbonyl (C=O) groups is 4. The summed E-state index contributed by atoms with van der Waals surface area (Å²) in [4.78, 5) is 54.6. The highest BCUT2D eigenvalue weighted by Gasteiger charge is 2.25. The van der Waals surface area contributed by atoms with Gasteiger partial charge >= 0.3 is 6.09 Å². The molecule has 11 heteroatoms. The summed E-state index contributed by atoms with van der Waals surface area (Å²) in [7, 11) is 0. The second-order valence-electron chi connectivity index (χ2n) is 7.27. The number of hydrogen-bond acceptors (Lipinski definition) is 7. The van der Waals surface area contributed by atoms with Crippen LogP contribution >= 0.6 is 11.3 Å². The van der Waals surface area contributed by atoms with E-state index < -0.39 is 17.9 Å². The fourth-order valence-electron chi connectivity index (χ4n) is 3.43. The van der Waals surface area contributed by atoms with E-state index in [1.165, 1.54) is 13.0 Å². The fourth-order valence-corrected chi connectivity index (χ4v) is 4.21. The van der Waals surface area contributed by atoms with Crippen molar-refractivity contribution in [2.45, 2.75) is 25.9 Å². The molecule has 4 amide bonds. The largest absolute Gasteiger partial charge is 0.446 e. The first-order valence-corrected chi connectivity index (χ1v) is 10.9. The third kappa shape index (κ3) is 4.78. The zero-order chi connectivity index (χ0) is 22.7. The van der Waals surface area contributed by atoms with E-state index in [1.807, 2.05) is 12.1 Å². The topological polar surface area (TPSA) is 122 Å². The number of rotatable bonds is 4. The summed E-state index contributed by atoms with van der Waals surface area (Å²) < 4.78 is 7.02. The van der Waals surface area contributed by atoms with Crippen LogP contribution < -0.4 is 10.6 Å². The highest BCUT2D eigenvalue weighted by molar-refractivity contribution is 7.14. The normalized spacial score (nSPS) is 14.2. The monoisotopic (exact) mass is 455 g/mol. The highest BCUT2D eigenvalue weighted by Crippen LogP contribution is 2.24. The molecule has 0 saturated carbocycles. The Morgan fingerprint density at radius 2 is 1.91 bits per heavy atom. The molecule has 0 aromatic carbocycles. The van der Waals surface area contributed by atoms with Crippen LogP contribution in [-0.2, 0) is 9.53 Å². The molecule has 3 aromatic rings. The summed E-state index contributed by atoms with van der Waals surface area (Å²) in [5.74, 6) is -1.16. The van der Waals surface area contributed by atoms with Crippen LogP contribution in [0.25, 0.3) is 5.65 Å². The van der Waals surface area contributed by atoms with Gasteiger partial charge in [-0.15, -0.1) is 11.3 Å². The minimum Gasteiger partial charge on any atom is -0.446 e. The second-order valence-corrected chi connectivity index (χ2v) is 8.19. The quantitative estimate of drug-likeness (QED) is 0.623. The first kappa shape index (κ1) is 21.5. The lowest BCUT2D eigenvalue weighted by Crippen LogP contribution is -2.42. The molecule has 0 radical (unpaired) electrons. The Morgan fingerprint density at radius 3 is 2.62 bits per heavy atom. The summed E-state index contributed by atoms with van der Waals surface area (Å²) in [5, 5.41) is 6.80. The smallest absolute Gasteiger partial charge is 0.414 e. The lowest BCUT2D eigenvalue weighted by atomic mass is 10.1. The van der Waals surface area contributed by atoms with Crippen molar-refractivity contribution in [3.63, 3.8) is 0 Å². The van der Waals surface area contributed by atoms with Gasteiger partial charge in [0.15, 0.2) is 0 Å². The number of piperidine rings is 1. The van der Waals surface area contributed by atoms with E-state index >= 15 is 0 Å². The minimum atomic E-state index is -0.861. The molecule has 1 aliphatic heterocycles. The van der Waals surface area contributed by atoms with Crippen molar-refractivity contribution in [2.75, 3.05) is 18.4 Å². The molecule has 1 fully saturated rings. The van der Waals surface area contributed by atoms with Gasteiger partial charge < -0.3 is 19.4 Å². The first-order chi connectivity index (χ1) is 15.4. The van der Waals surface area contributed by atoms with Crippen LogP contribution in [-0.4, -0.2) is 57.3 Å². The number of nitrogens with one attached hydrogen (secondary N) is 2. The Balaban J connectivity index is 1.34. The lowest BCUT2D eigenvalue weighted by molar-refractivity contribution is -0.130. The number of pyridine rings is 1. The second kappa shape index (κ2) is 9.18. The van der Waals surface area contributed by atoms with Crippen molar-refractivity contribution < 1.29 is 23.9 Å². The number of carbonyl (C=O) groups excluding carboxylic acids is 4. The van der Waals surface area contributed by atoms with E-state index in [-0.39, 0.29) is 23.3 Å². The summed E-state index contributed by atoms with van der Waals surface area (Å²) in [6, 6.07) is 6.93. The number of anilines is 1. The molecule has 3 aromatic heterocycles. The summed E-state index contributed by atoms with van der Waals surface area (Å²) in [5.41, 5.74) is 0.974. The Bertz CT molecular complexity index is 1150. The number of nitrogens with zero attached hydrogens (tertiary/aromatic N) is 3. The number of amides is 4. The zero-order valence-electron chi connectivity index (χ0n) is 17.2. The van der Waals surface area contributed by atoms with Gasteiger partial charge in [-0.3, -0.25) is 19.7 Å². The van der Waals surface area contributed by atoms with Crippen molar-refractivity contribution in [1.29, 1.82) is 0 Å². The average molecular weight is 455 g/mol. The molecule has 1 aliphatic rings. The molecule has 32 heavy (non-hydrogen) atoms. The molecule has 0 atom stereocenters. The molecule has 0 bridgehead atoms. The maximum Gasteiger partial charge on any atom is 0.414 e. The van der Waals surface area contributed by atoms with Gasteiger partial charge in [-0.05, 0) is 23.6 Å².